The zero-order chi connectivity index (χ0) is 26.7. The number of carboxylic acids is 1. The number of aromatic nitrogens is 2. The van der Waals surface area contributed by atoms with Gasteiger partial charge in [-0.25, -0.2) is 9.78 Å². The molecule has 1 aromatic heterocycles. The molecule has 9 N–H and O–H groups in total. The van der Waals surface area contributed by atoms with Gasteiger partial charge in [0.25, 0.3) is 0 Å². The van der Waals surface area contributed by atoms with Crippen LogP contribution in [0.3, 0.4) is 0 Å². The number of hydrogen-bond acceptors (Lipinski definition) is 7. The maximum atomic E-state index is 13.2. The Labute approximate surface area is 204 Å². The van der Waals surface area contributed by atoms with E-state index in [1.165, 1.54) is 12.5 Å². The number of aliphatic carboxylic acids is 1. The van der Waals surface area contributed by atoms with Crippen LogP contribution in [-0.4, -0.2) is 68.8 Å². The molecule has 0 spiro atoms. The second-order valence-electron chi connectivity index (χ2n) is 8.70. The third-order valence-corrected chi connectivity index (χ3v) is 5.98. The standard InChI is InChI=1S/C22H37N7O6/c1-5-11(3)17(24)20(32)27-14(7-13-9-25-10-26-13)19(31)29-18(12(4)6-2)21(33)28-15(22(34)35)8-16(23)30/h9-12,14-15,17-18H,5-8,24H2,1-4H3,(H2,23,30)(H,25,26)(H,27,32)(H,28,33)(H,29,31)(H,34,35). The summed E-state index contributed by atoms with van der Waals surface area (Å²) in [6.07, 6.45) is 3.52. The van der Waals surface area contributed by atoms with Crippen LogP contribution in [0.25, 0.3) is 0 Å². The number of nitrogens with one attached hydrogen (secondary N) is 4. The van der Waals surface area contributed by atoms with Gasteiger partial charge in [-0.05, 0) is 11.8 Å². The predicted molar refractivity (Wildman–Crippen MR) is 126 cm³/mol. The van der Waals surface area contributed by atoms with Crippen molar-refractivity contribution in [1.29, 1.82) is 0 Å². The molecule has 0 aliphatic carbocycles. The molecular formula is C22H37N7O6. The Balaban J connectivity index is 3.10. The Bertz CT molecular complexity index is 876. The number of carbonyl (C=O) groups excluding carboxylic acids is 4. The van der Waals surface area contributed by atoms with Crippen LogP contribution in [0.5, 0.6) is 0 Å². The first kappa shape index (κ1) is 29.6. The molecule has 0 aliphatic rings. The van der Waals surface area contributed by atoms with Crippen LogP contribution >= 0.6 is 0 Å². The Kier molecular flexibility index (Phi) is 11.9. The highest BCUT2D eigenvalue weighted by Gasteiger charge is 2.33. The molecule has 1 heterocycles. The molecule has 1 aromatic rings. The molecule has 0 fully saturated rings. The fraction of sp³-hybridized carbons (Fsp3) is 0.636. The first-order chi connectivity index (χ1) is 16.4. The van der Waals surface area contributed by atoms with Crippen LogP contribution in [0, 0.1) is 11.8 Å². The van der Waals surface area contributed by atoms with Gasteiger partial charge in [0, 0.05) is 18.3 Å². The zero-order valence-electron chi connectivity index (χ0n) is 20.5. The van der Waals surface area contributed by atoms with Crippen molar-refractivity contribution < 1.29 is 29.1 Å². The monoisotopic (exact) mass is 495 g/mol. The number of amides is 4. The van der Waals surface area contributed by atoms with Crippen LogP contribution in [0.4, 0.5) is 0 Å². The fourth-order valence-electron chi connectivity index (χ4n) is 3.22. The van der Waals surface area contributed by atoms with E-state index in [-0.39, 0.29) is 12.3 Å². The smallest absolute Gasteiger partial charge is 0.326 e. The van der Waals surface area contributed by atoms with E-state index in [0.717, 1.165) is 0 Å². The van der Waals surface area contributed by atoms with Gasteiger partial charge in [-0.15, -0.1) is 0 Å². The lowest BCUT2D eigenvalue weighted by molar-refractivity contribution is -0.144. The Hall–Kier alpha value is -3.48. The molecule has 0 radical (unpaired) electrons. The van der Waals surface area contributed by atoms with Gasteiger partial charge in [0.05, 0.1) is 18.8 Å². The second kappa shape index (κ2) is 14.0. The highest BCUT2D eigenvalue weighted by atomic mass is 16.4. The van der Waals surface area contributed by atoms with E-state index < -0.39 is 66.1 Å². The number of carbonyl (C=O) groups is 5. The topological polar surface area (TPSA) is 222 Å². The van der Waals surface area contributed by atoms with E-state index >= 15 is 0 Å². The number of H-pyrrole nitrogens is 1. The van der Waals surface area contributed by atoms with E-state index in [1.54, 1.807) is 13.8 Å². The van der Waals surface area contributed by atoms with Crippen molar-refractivity contribution in [2.75, 3.05) is 0 Å². The number of nitrogens with two attached hydrogens (primary N) is 2. The van der Waals surface area contributed by atoms with E-state index in [2.05, 4.69) is 25.9 Å². The lowest BCUT2D eigenvalue weighted by Gasteiger charge is -2.28. The number of aromatic amines is 1. The van der Waals surface area contributed by atoms with Gasteiger partial charge in [-0.2, -0.15) is 0 Å². The second-order valence-corrected chi connectivity index (χ2v) is 8.70. The number of hydrogen-bond donors (Lipinski definition) is 7. The molecule has 6 atom stereocenters. The van der Waals surface area contributed by atoms with E-state index in [0.29, 0.717) is 18.5 Å². The van der Waals surface area contributed by atoms with E-state index in [1.807, 2.05) is 13.8 Å². The van der Waals surface area contributed by atoms with Gasteiger partial charge in [0.1, 0.15) is 18.1 Å². The summed E-state index contributed by atoms with van der Waals surface area (Å²) in [6.45, 7) is 7.22. The molecule has 0 saturated heterocycles. The van der Waals surface area contributed by atoms with Crippen molar-refractivity contribution in [2.24, 2.45) is 23.3 Å². The minimum Gasteiger partial charge on any atom is -0.480 e. The van der Waals surface area contributed by atoms with Crippen molar-refractivity contribution in [2.45, 2.75) is 77.5 Å². The lowest BCUT2D eigenvalue weighted by Crippen LogP contribution is -2.59. The average Bonchev–Trinajstić information content (AvgIpc) is 3.32. The van der Waals surface area contributed by atoms with Gasteiger partial charge in [-0.3, -0.25) is 19.2 Å². The highest BCUT2D eigenvalue weighted by Crippen LogP contribution is 2.11. The van der Waals surface area contributed by atoms with Crippen molar-refractivity contribution >= 4 is 29.6 Å². The molecule has 13 nitrogen and oxygen atoms in total. The van der Waals surface area contributed by atoms with Crippen LogP contribution < -0.4 is 27.4 Å². The van der Waals surface area contributed by atoms with Crippen LogP contribution in [0.1, 0.15) is 52.7 Å². The summed E-state index contributed by atoms with van der Waals surface area (Å²) >= 11 is 0. The minimum absolute atomic E-state index is 0.0546. The maximum absolute atomic E-state index is 13.2. The molecule has 35 heavy (non-hydrogen) atoms. The average molecular weight is 496 g/mol. The summed E-state index contributed by atoms with van der Waals surface area (Å²) in [7, 11) is 0. The summed E-state index contributed by atoms with van der Waals surface area (Å²) < 4.78 is 0. The van der Waals surface area contributed by atoms with Crippen LogP contribution in [0.2, 0.25) is 0 Å². The van der Waals surface area contributed by atoms with E-state index in [4.69, 9.17) is 11.5 Å². The zero-order valence-corrected chi connectivity index (χ0v) is 20.5. The van der Waals surface area contributed by atoms with Crippen molar-refractivity contribution in [3.05, 3.63) is 18.2 Å². The number of nitrogens with zero attached hydrogens (tertiary/aromatic N) is 1. The first-order valence-corrected chi connectivity index (χ1v) is 11.6. The third-order valence-electron chi connectivity index (χ3n) is 5.98. The minimum atomic E-state index is -1.54. The molecule has 13 heteroatoms. The van der Waals surface area contributed by atoms with Gasteiger partial charge >= 0.3 is 5.97 Å². The van der Waals surface area contributed by atoms with E-state index in [9.17, 15) is 29.1 Å². The van der Waals surface area contributed by atoms with Crippen molar-refractivity contribution in [3.8, 4) is 0 Å². The Morgan fingerprint density at radius 1 is 0.971 bits per heavy atom. The van der Waals surface area contributed by atoms with Crippen LogP contribution in [-0.2, 0) is 30.4 Å². The summed E-state index contributed by atoms with van der Waals surface area (Å²) in [6, 6.07) is -4.60. The Morgan fingerprint density at radius 3 is 2.06 bits per heavy atom. The van der Waals surface area contributed by atoms with Crippen LogP contribution in [0.15, 0.2) is 12.5 Å². The number of imidazole rings is 1. The molecule has 6 unspecified atom stereocenters. The molecule has 4 amide bonds. The molecular weight excluding hydrogens is 458 g/mol. The summed E-state index contributed by atoms with van der Waals surface area (Å²) in [5.41, 5.74) is 11.7. The van der Waals surface area contributed by atoms with Gasteiger partial charge in [-0.1, -0.05) is 40.5 Å². The molecule has 0 aromatic carbocycles. The molecule has 0 aliphatic heterocycles. The fourth-order valence-corrected chi connectivity index (χ4v) is 3.22. The number of primary amides is 1. The molecule has 196 valence electrons. The van der Waals surface area contributed by atoms with Gasteiger partial charge in [0.2, 0.25) is 23.6 Å². The lowest BCUT2D eigenvalue weighted by atomic mass is 9.96. The molecule has 1 rings (SSSR count). The first-order valence-electron chi connectivity index (χ1n) is 11.6. The van der Waals surface area contributed by atoms with Crippen molar-refractivity contribution in [3.63, 3.8) is 0 Å². The molecule has 0 saturated carbocycles. The summed E-state index contributed by atoms with van der Waals surface area (Å²) in [5.74, 6) is -4.82. The predicted octanol–water partition coefficient (Wildman–Crippen LogP) is -1.21. The van der Waals surface area contributed by atoms with Gasteiger partial charge in [0.15, 0.2) is 0 Å². The number of carboxylic acid groups (broad SMARTS) is 1. The molecule has 0 bridgehead atoms. The van der Waals surface area contributed by atoms with Crippen molar-refractivity contribution in [1.82, 2.24) is 25.9 Å². The third kappa shape index (κ3) is 9.35. The SMILES string of the molecule is CCC(C)C(N)C(=O)NC(Cc1cnc[nH]1)C(=O)NC(C(=O)NC(CC(N)=O)C(=O)O)C(C)CC. The van der Waals surface area contributed by atoms with Gasteiger partial charge < -0.3 is 37.5 Å². The quantitative estimate of drug-likeness (QED) is 0.156. The normalized spacial score (nSPS) is 16.1. The summed E-state index contributed by atoms with van der Waals surface area (Å²) in [5, 5.41) is 16.8. The largest absolute Gasteiger partial charge is 0.480 e. The highest BCUT2D eigenvalue weighted by molar-refractivity contribution is 5.95. The Morgan fingerprint density at radius 2 is 1.57 bits per heavy atom. The maximum Gasteiger partial charge on any atom is 0.326 e. The summed E-state index contributed by atoms with van der Waals surface area (Å²) in [4.78, 5) is 68.2. The number of rotatable bonds is 15.